The molecule has 0 aliphatic carbocycles. The summed E-state index contributed by atoms with van der Waals surface area (Å²) in [7, 11) is 0. The minimum atomic E-state index is -0.108. The molecule has 0 saturated heterocycles. The molecule has 0 atom stereocenters. The van der Waals surface area contributed by atoms with Crippen LogP contribution < -0.4 is 5.32 Å². The summed E-state index contributed by atoms with van der Waals surface area (Å²) in [5.74, 6) is 1.24. The molecule has 0 spiro atoms. The lowest BCUT2D eigenvalue weighted by Gasteiger charge is -2.10. The summed E-state index contributed by atoms with van der Waals surface area (Å²) in [5, 5.41) is 14.1. The van der Waals surface area contributed by atoms with E-state index in [4.69, 9.17) is 4.98 Å². The second-order valence-electron chi connectivity index (χ2n) is 7.23. The van der Waals surface area contributed by atoms with E-state index in [1.807, 2.05) is 18.2 Å². The van der Waals surface area contributed by atoms with Gasteiger partial charge in [0, 0.05) is 15.7 Å². The monoisotopic (exact) mass is 446 g/mol. The van der Waals surface area contributed by atoms with Crippen LogP contribution in [0.4, 0.5) is 5.13 Å². The molecule has 7 nitrogen and oxygen atoms in total. The number of carbonyl (C=O) groups excluding carboxylic acids is 1. The van der Waals surface area contributed by atoms with Crippen LogP contribution in [0, 0.1) is 27.7 Å². The van der Waals surface area contributed by atoms with E-state index in [9.17, 15) is 4.79 Å². The molecule has 1 amide bonds. The Balaban J connectivity index is 1.65. The van der Waals surface area contributed by atoms with Crippen LogP contribution in [-0.2, 0) is 4.79 Å². The van der Waals surface area contributed by atoms with Crippen LogP contribution in [0.1, 0.15) is 46.6 Å². The fourth-order valence-corrected chi connectivity index (χ4v) is 5.64. The van der Waals surface area contributed by atoms with Crippen LogP contribution in [0.5, 0.6) is 0 Å². The molecule has 4 aromatic heterocycles. The highest BCUT2D eigenvalue weighted by atomic mass is 32.2. The number of thiazole rings is 1. The van der Waals surface area contributed by atoms with Crippen LogP contribution in [-0.4, -0.2) is 36.2 Å². The van der Waals surface area contributed by atoms with Gasteiger partial charge in [0.25, 0.3) is 0 Å². The van der Waals surface area contributed by atoms with Crippen LogP contribution >= 0.6 is 34.4 Å². The number of aryl methyl sites for hydroxylation is 4. The minimum Gasteiger partial charge on any atom is -0.301 e. The number of anilines is 1. The van der Waals surface area contributed by atoms with Gasteiger partial charge in [-0.3, -0.25) is 9.20 Å². The first-order valence-electron chi connectivity index (χ1n) is 9.27. The van der Waals surface area contributed by atoms with Crippen LogP contribution in [0.15, 0.2) is 5.16 Å². The number of fused-ring (bicyclic) bond motifs is 3. The fourth-order valence-electron chi connectivity index (χ4n) is 3.04. The third-order valence-electron chi connectivity index (χ3n) is 4.79. The van der Waals surface area contributed by atoms with Gasteiger partial charge in [-0.25, -0.2) is 9.97 Å². The highest BCUT2D eigenvalue weighted by Crippen LogP contribution is 2.34. The van der Waals surface area contributed by atoms with Crippen molar-refractivity contribution in [2.75, 3.05) is 11.1 Å². The van der Waals surface area contributed by atoms with E-state index >= 15 is 0 Å². The van der Waals surface area contributed by atoms with E-state index < -0.39 is 0 Å². The lowest BCUT2D eigenvalue weighted by molar-refractivity contribution is -0.113. The number of nitrogens with zero attached hydrogens (tertiary/aromatic N) is 5. The second kappa shape index (κ2) is 7.66. The number of hydrogen-bond acceptors (Lipinski definition) is 8. The van der Waals surface area contributed by atoms with Crippen LogP contribution in [0.25, 0.3) is 15.9 Å². The lowest BCUT2D eigenvalue weighted by atomic mass is 10.2. The van der Waals surface area contributed by atoms with Gasteiger partial charge in [0.15, 0.2) is 15.9 Å². The van der Waals surface area contributed by atoms with Crippen molar-refractivity contribution in [2.45, 2.75) is 52.6 Å². The molecule has 10 heteroatoms. The number of aromatic nitrogens is 5. The van der Waals surface area contributed by atoms with Crippen LogP contribution in [0.2, 0.25) is 0 Å². The average Bonchev–Trinajstić information content (AvgIpc) is 3.29. The Kier molecular flexibility index (Phi) is 5.34. The van der Waals surface area contributed by atoms with Gasteiger partial charge in [0.1, 0.15) is 10.7 Å². The van der Waals surface area contributed by atoms with Crippen molar-refractivity contribution >= 4 is 61.3 Å². The molecule has 0 aromatic carbocycles. The van der Waals surface area contributed by atoms with Crippen molar-refractivity contribution in [3.05, 3.63) is 26.8 Å². The maximum atomic E-state index is 12.4. The Morgan fingerprint density at radius 2 is 1.86 bits per heavy atom. The van der Waals surface area contributed by atoms with E-state index in [1.54, 1.807) is 11.3 Å². The number of hydrogen-bond donors (Lipinski definition) is 1. The topological polar surface area (TPSA) is 85.1 Å². The quantitative estimate of drug-likeness (QED) is 0.440. The minimum absolute atomic E-state index is 0.108. The first-order chi connectivity index (χ1) is 13.8. The first kappa shape index (κ1) is 20.2. The smallest absolute Gasteiger partial charge is 0.236 e. The molecule has 4 heterocycles. The number of thiophene rings is 1. The molecule has 1 N–H and O–H groups in total. The Bertz CT molecular complexity index is 1220. The molecule has 0 aliphatic rings. The van der Waals surface area contributed by atoms with Crippen molar-refractivity contribution in [2.24, 2.45) is 0 Å². The maximum Gasteiger partial charge on any atom is 0.236 e. The van der Waals surface area contributed by atoms with Gasteiger partial charge in [-0.1, -0.05) is 25.6 Å². The summed E-state index contributed by atoms with van der Waals surface area (Å²) in [5.41, 5.74) is 2.95. The molecule has 0 bridgehead atoms. The Hall–Kier alpha value is -2.04. The lowest BCUT2D eigenvalue weighted by Crippen LogP contribution is -2.14. The molecule has 0 fully saturated rings. The zero-order valence-electron chi connectivity index (χ0n) is 17.2. The van der Waals surface area contributed by atoms with E-state index in [0.717, 1.165) is 32.3 Å². The zero-order chi connectivity index (χ0) is 20.9. The summed E-state index contributed by atoms with van der Waals surface area (Å²) in [4.78, 5) is 25.0. The molecule has 0 saturated carbocycles. The van der Waals surface area contributed by atoms with Gasteiger partial charge < -0.3 is 5.32 Å². The van der Waals surface area contributed by atoms with Gasteiger partial charge in [-0.15, -0.1) is 32.9 Å². The second-order valence-corrected chi connectivity index (χ2v) is 10.6. The van der Waals surface area contributed by atoms with Gasteiger partial charge in [0.2, 0.25) is 5.91 Å². The van der Waals surface area contributed by atoms with E-state index in [2.05, 4.69) is 48.2 Å². The molecule has 4 rings (SSSR count). The Morgan fingerprint density at radius 3 is 2.52 bits per heavy atom. The van der Waals surface area contributed by atoms with Gasteiger partial charge in [-0.05, 0) is 33.3 Å². The third-order valence-corrected chi connectivity index (χ3v) is 7.81. The SMILES string of the molecule is Cc1nc(NC(=O)CSc2nnc3c4c(C)c(C)sc4nc(C(C)C)n23)sc1C. The van der Waals surface area contributed by atoms with Crippen molar-refractivity contribution in [3.63, 3.8) is 0 Å². The van der Waals surface area contributed by atoms with Crippen molar-refractivity contribution in [1.29, 1.82) is 0 Å². The zero-order valence-corrected chi connectivity index (χ0v) is 19.6. The van der Waals surface area contributed by atoms with Gasteiger partial charge in [-0.2, -0.15) is 0 Å². The summed E-state index contributed by atoms with van der Waals surface area (Å²) in [6.45, 7) is 12.3. The van der Waals surface area contributed by atoms with E-state index in [1.165, 1.54) is 33.5 Å². The molecule has 29 heavy (non-hydrogen) atoms. The molecular weight excluding hydrogens is 424 g/mol. The summed E-state index contributed by atoms with van der Waals surface area (Å²) in [6.07, 6.45) is 0. The molecule has 0 radical (unpaired) electrons. The fraction of sp³-hybridized carbons (Fsp3) is 0.421. The van der Waals surface area contributed by atoms with Crippen molar-refractivity contribution in [1.82, 2.24) is 24.6 Å². The highest BCUT2D eigenvalue weighted by molar-refractivity contribution is 7.99. The molecule has 0 aliphatic heterocycles. The third kappa shape index (κ3) is 3.64. The number of carbonyl (C=O) groups is 1. The van der Waals surface area contributed by atoms with E-state index in [-0.39, 0.29) is 17.6 Å². The number of nitrogens with one attached hydrogen (secondary N) is 1. The Labute approximate surface area is 181 Å². The largest absolute Gasteiger partial charge is 0.301 e. The van der Waals surface area contributed by atoms with Gasteiger partial charge in [0.05, 0.1) is 16.8 Å². The van der Waals surface area contributed by atoms with Crippen LogP contribution in [0.3, 0.4) is 0 Å². The average molecular weight is 447 g/mol. The standard InChI is InChI=1S/C19H22N6OS3/c1-8(2)15-22-17-14(9(3)11(5)28-17)16-23-24-19(25(15)16)27-7-13(26)21-18-20-10(4)12(6)29-18/h8H,7H2,1-6H3,(H,20,21,26). The van der Waals surface area contributed by atoms with Crippen molar-refractivity contribution < 1.29 is 4.79 Å². The molecule has 0 unspecified atom stereocenters. The normalized spacial score (nSPS) is 11.8. The van der Waals surface area contributed by atoms with Gasteiger partial charge >= 0.3 is 0 Å². The number of rotatable bonds is 5. The van der Waals surface area contributed by atoms with E-state index in [0.29, 0.717) is 10.3 Å². The molecular formula is C19H22N6OS3. The Morgan fingerprint density at radius 1 is 1.10 bits per heavy atom. The number of amides is 1. The number of thioether (sulfide) groups is 1. The van der Waals surface area contributed by atoms with Crippen molar-refractivity contribution in [3.8, 4) is 0 Å². The maximum absolute atomic E-state index is 12.4. The summed E-state index contributed by atoms with van der Waals surface area (Å²) in [6, 6.07) is 0. The summed E-state index contributed by atoms with van der Waals surface area (Å²) < 4.78 is 2.00. The molecule has 4 aromatic rings. The first-order valence-corrected chi connectivity index (χ1v) is 11.9. The molecule has 152 valence electrons. The predicted molar refractivity (Wildman–Crippen MR) is 121 cm³/mol. The summed E-state index contributed by atoms with van der Waals surface area (Å²) >= 11 is 4.54. The predicted octanol–water partition coefficient (Wildman–Crippen LogP) is 4.88. The highest BCUT2D eigenvalue weighted by Gasteiger charge is 2.21.